The molecule has 1 aromatic heterocycles. The number of hydrogen-bond acceptors (Lipinski definition) is 11. The number of carbonyl (C=O) groups excluding carboxylic acids is 1. The van der Waals surface area contributed by atoms with Crippen LogP contribution in [0.5, 0.6) is 5.75 Å². The van der Waals surface area contributed by atoms with E-state index >= 15 is 0 Å². The fraction of sp³-hybridized carbons (Fsp3) is 0.370. The van der Waals surface area contributed by atoms with Gasteiger partial charge >= 0.3 is 5.97 Å². The Hall–Kier alpha value is -4.49. The summed E-state index contributed by atoms with van der Waals surface area (Å²) in [5.41, 5.74) is 1.59. The van der Waals surface area contributed by atoms with Gasteiger partial charge in [-0.15, -0.1) is 0 Å². The predicted molar refractivity (Wildman–Crippen MR) is 150 cm³/mol. The van der Waals surface area contributed by atoms with Crippen LogP contribution in [0.1, 0.15) is 22.8 Å². The molecule has 3 rings (SSSR count). The standard InChI is InChI=1S/C27H35N7O6/c1-19(24(36)37)31-27-33-25(32-26(34-27)30-18-20-8-10-22(38-2)11-9-20)29-13-15-40-17-16-39-14-12-28-23(35)21-6-4-3-5-7-21/h3-11,19H,12-18H2,1-2H3,(H,28,35)(H,36,37)(H3,29,30,31,32,33,34)/t19-/m0/s1. The van der Waals surface area contributed by atoms with Crippen molar-refractivity contribution >= 4 is 29.7 Å². The van der Waals surface area contributed by atoms with E-state index in [1.807, 2.05) is 42.5 Å². The van der Waals surface area contributed by atoms with E-state index in [1.54, 1.807) is 19.2 Å². The van der Waals surface area contributed by atoms with Crippen LogP contribution in [0.15, 0.2) is 54.6 Å². The number of ether oxygens (including phenoxy) is 3. The molecule has 13 nitrogen and oxygen atoms in total. The molecule has 0 radical (unpaired) electrons. The summed E-state index contributed by atoms with van der Waals surface area (Å²) in [5, 5.41) is 21.0. The summed E-state index contributed by atoms with van der Waals surface area (Å²) in [6, 6.07) is 15.6. The van der Waals surface area contributed by atoms with Gasteiger partial charge in [0.25, 0.3) is 5.91 Å². The second-order valence-corrected chi connectivity index (χ2v) is 8.49. The Balaban J connectivity index is 1.38. The van der Waals surface area contributed by atoms with Gasteiger partial charge in [0.05, 0.1) is 33.5 Å². The van der Waals surface area contributed by atoms with Gasteiger partial charge in [-0.05, 0) is 36.8 Å². The molecule has 0 saturated carbocycles. The van der Waals surface area contributed by atoms with Crippen molar-refractivity contribution in [1.29, 1.82) is 0 Å². The van der Waals surface area contributed by atoms with Gasteiger partial charge in [0, 0.05) is 25.2 Å². The number of methoxy groups -OCH3 is 1. The highest BCUT2D eigenvalue weighted by molar-refractivity contribution is 5.94. The molecule has 0 unspecified atom stereocenters. The maximum atomic E-state index is 12.0. The molecule has 0 fully saturated rings. The summed E-state index contributed by atoms with van der Waals surface area (Å²) in [6.07, 6.45) is 0. The molecule has 0 aliphatic heterocycles. The van der Waals surface area contributed by atoms with Crippen LogP contribution in [-0.4, -0.2) is 84.6 Å². The minimum atomic E-state index is -1.03. The molecule has 5 N–H and O–H groups in total. The van der Waals surface area contributed by atoms with Crippen molar-refractivity contribution < 1.29 is 28.9 Å². The third kappa shape index (κ3) is 10.7. The van der Waals surface area contributed by atoms with Gasteiger partial charge in [0.1, 0.15) is 11.8 Å². The maximum absolute atomic E-state index is 12.0. The molecule has 0 saturated heterocycles. The van der Waals surface area contributed by atoms with Gasteiger partial charge in [-0.2, -0.15) is 15.0 Å². The summed E-state index contributed by atoms with van der Waals surface area (Å²) in [7, 11) is 1.61. The molecule has 2 aromatic carbocycles. The van der Waals surface area contributed by atoms with E-state index < -0.39 is 12.0 Å². The van der Waals surface area contributed by atoms with Gasteiger partial charge in [-0.25, -0.2) is 0 Å². The van der Waals surface area contributed by atoms with Crippen molar-refractivity contribution in [2.45, 2.75) is 19.5 Å². The Labute approximate surface area is 232 Å². The average Bonchev–Trinajstić information content (AvgIpc) is 2.97. The van der Waals surface area contributed by atoms with Crippen molar-refractivity contribution in [3.05, 3.63) is 65.7 Å². The number of carboxylic acids is 1. The fourth-order valence-electron chi connectivity index (χ4n) is 3.26. The summed E-state index contributed by atoms with van der Waals surface area (Å²) in [6.45, 7) is 4.25. The number of carboxylic acid groups (broad SMARTS) is 1. The zero-order valence-corrected chi connectivity index (χ0v) is 22.6. The maximum Gasteiger partial charge on any atom is 0.325 e. The van der Waals surface area contributed by atoms with Crippen LogP contribution in [-0.2, 0) is 20.8 Å². The summed E-state index contributed by atoms with van der Waals surface area (Å²) in [5.74, 6) is 0.254. The highest BCUT2D eigenvalue weighted by Crippen LogP contribution is 2.14. The number of rotatable bonds is 18. The number of aliphatic carboxylic acids is 1. The Kier molecular flexibility index (Phi) is 12.4. The number of amides is 1. The minimum Gasteiger partial charge on any atom is -0.497 e. The molecular weight excluding hydrogens is 518 g/mol. The normalized spacial score (nSPS) is 11.3. The summed E-state index contributed by atoms with van der Waals surface area (Å²) >= 11 is 0. The smallest absolute Gasteiger partial charge is 0.325 e. The number of benzene rings is 2. The van der Waals surface area contributed by atoms with Crippen LogP contribution in [0.25, 0.3) is 0 Å². The van der Waals surface area contributed by atoms with E-state index in [0.29, 0.717) is 51.6 Å². The lowest BCUT2D eigenvalue weighted by Crippen LogP contribution is -2.27. The second-order valence-electron chi connectivity index (χ2n) is 8.49. The first-order chi connectivity index (χ1) is 19.4. The first kappa shape index (κ1) is 30.1. The molecule has 214 valence electrons. The summed E-state index contributed by atoms with van der Waals surface area (Å²) < 4.78 is 16.2. The molecule has 40 heavy (non-hydrogen) atoms. The van der Waals surface area contributed by atoms with Gasteiger partial charge in [0.15, 0.2) is 0 Å². The minimum absolute atomic E-state index is 0.123. The zero-order valence-electron chi connectivity index (χ0n) is 22.6. The lowest BCUT2D eigenvalue weighted by Gasteiger charge is -2.13. The van der Waals surface area contributed by atoms with Crippen molar-refractivity contribution in [3.63, 3.8) is 0 Å². The fourth-order valence-corrected chi connectivity index (χ4v) is 3.26. The first-order valence-electron chi connectivity index (χ1n) is 12.8. The van der Waals surface area contributed by atoms with E-state index in [9.17, 15) is 14.7 Å². The lowest BCUT2D eigenvalue weighted by molar-refractivity contribution is -0.137. The van der Waals surface area contributed by atoms with Crippen molar-refractivity contribution in [2.75, 3.05) is 62.6 Å². The highest BCUT2D eigenvalue weighted by Gasteiger charge is 2.14. The Bertz CT molecular complexity index is 1200. The number of nitrogens with zero attached hydrogens (tertiary/aromatic N) is 3. The van der Waals surface area contributed by atoms with Gasteiger partial charge in [-0.3, -0.25) is 9.59 Å². The third-order valence-electron chi connectivity index (χ3n) is 5.43. The van der Waals surface area contributed by atoms with E-state index in [0.717, 1.165) is 11.3 Å². The molecule has 0 spiro atoms. The van der Waals surface area contributed by atoms with Gasteiger partial charge < -0.3 is 40.6 Å². The van der Waals surface area contributed by atoms with Crippen molar-refractivity contribution in [1.82, 2.24) is 20.3 Å². The topological polar surface area (TPSA) is 169 Å². The quantitative estimate of drug-likeness (QED) is 0.146. The van der Waals surface area contributed by atoms with E-state index in [2.05, 4.69) is 36.2 Å². The second kappa shape index (κ2) is 16.5. The summed E-state index contributed by atoms with van der Waals surface area (Å²) in [4.78, 5) is 36.1. The molecule has 3 aromatic rings. The molecule has 13 heteroatoms. The molecule has 0 aliphatic carbocycles. The number of carbonyl (C=O) groups is 2. The van der Waals surface area contributed by atoms with E-state index in [4.69, 9.17) is 14.2 Å². The Morgan fingerprint density at radius 2 is 1.45 bits per heavy atom. The van der Waals surface area contributed by atoms with Crippen LogP contribution in [0.4, 0.5) is 17.8 Å². The van der Waals surface area contributed by atoms with Crippen LogP contribution >= 0.6 is 0 Å². The third-order valence-corrected chi connectivity index (χ3v) is 5.43. The van der Waals surface area contributed by atoms with Crippen LogP contribution in [0, 0.1) is 0 Å². The predicted octanol–water partition coefficient (Wildman–Crippen LogP) is 2.25. The number of anilines is 3. The molecule has 1 atom stereocenters. The SMILES string of the molecule is COc1ccc(CNc2nc(NCCOCCOCCNC(=O)c3ccccc3)nc(N[C@@H](C)C(=O)O)n2)cc1. The van der Waals surface area contributed by atoms with Crippen LogP contribution in [0.2, 0.25) is 0 Å². The van der Waals surface area contributed by atoms with Gasteiger partial charge in [0.2, 0.25) is 17.8 Å². The largest absolute Gasteiger partial charge is 0.497 e. The number of aromatic nitrogens is 3. The average molecular weight is 554 g/mol. The van der Waals surface area contributed by atoms with Gasteiger partial charge in [-0.1, -0.05) is 30.3 Å². The number of hydrogen-bond donors (Lipinski definition) is 5. The van der Waals surface area contributed by atoms with E-state index in [-0.39, 0.29) is 23.8 Å². The lowest BCUT2D eigenvalue weighted by atomic mass is 10.2. The molecule has 0 aliphatic rings. The molecule has 1 heterocycles. The molecular formula is C27H35N7O6. The molecule has 0 bridgehead atoms. The number of nitrogens with one attached hydrogen (secondary N) is 4. The van der Waals surface area contributed by atoms with Crippen molar-refractivity contribution in [3.8, 4) is 5.75 Å². The first-order valence-corrected chi connectivity index (χ1v) is 12.8. The van der Waals surface area contributed by atoms with Crippen molar-refractivity contribution in [2.24, 2.45) is 0 Å². The highest BCUT2D eigenvalue weighted by atomic mass is 16.5. The Morgan fingerprint density at radius 3 is 2.10 bits per heavy atom. The Morgan fingerprint density at radius 1 is 0.825 bits per heavy atom. The zero-order chi connectivity index (χ0) is 28.6. The molecule has 1 amide bonds. The van der Waals surface area contributed by atoms with E-state index in [1.165, 1.54) is 6.92 Å². The van der Waals surface area contributed by atoms with Crippen LogP contribution in [0.3, 0.4) is 0 Å². The monoisotopic (exact) mass is 553 g/mol. The van der Waals surface area contributed by atoms with Crippen LogP contribution < -0.4 is 26.0 Å².